The molecular weight excluding hydrogens is 476 g/mol. The number of nitriles is 1. The summed E-state index contributed by atoms with van der Waals surface area (Å²) in [5.74, 6) is 0.278. The molecule has 4 rings (SSSR count). The van der Waals surface area contributed by atoms with Crippen LogP contribution in [0.25, 0.3) is 17.0 Å². The van der Waals surface area contributed by atoms with Gasteiger partial charge in [-0.1, -0.05) is 24.3 Å². The Hall–Kier alpha value is -3.94. The summed E-state index contributed by atoms with van der Waals surface area (Å²) in [6.45, 7) is 8.52. The number of pyridine rings is 1. The van der Waals surface area contributed by atoms with E-state index in [4.69, 9.17) is 0 Å². The molecule has 0 spiro atoms. The lowest BCUT2D eigenvalue weighted by Gasteiger charge is -2.23. The van der Waals surface area contributed by atoms with Gasteiger partial charge in [0.05, 0.1) is 41.4 Å². The fraction of sp³-hybridized carbons (Fsp3) is 0.333. The maximum Gasteiger partial charge on any atom is 0.267 e. The average molecular weight is 506 g/mol. The van der Waals surface area contributed by atoms with E-state index in [1.807, 2.05) is 52.0 Å². The maximum atomic E-state index is 13.4. The zero-order valence-corrected chi connectivity index (χ0v) is 21.1. The molecule has 0 aliphatic carbocycles. The standard InChI is InChI=1S/C27H29F2N7O/c1-16(17-7-9-18(10-8-17)22(37)15-33-27(2,3)4)34-26-32-13-19(12-30)23(35-26)21-14-31-25-20(24(28)29)6-5-11-36(21)25/h5-11,13-14,16,22,24,33,37H,15H2,1-4H3,(H,32,34,35)/t16-,22-/m0/s1. The molecule has 1 aromatic carbocycles. The molecule has 4 aromatic rings. The Morgan fingerprint density at radius 2 is 1.78 bits per heavy atom. The van der Waals surface area contributed by atoms with E-state index >= 15 is 0 Å². The lowest BCUT2D eigenvalue weighted by atomic mass is 10.0. The Morgan fingerprint density at radius 3 is 2.43 bits per heavy atom. The van der Waals surface area contributed by atoms with Gasteiger partial charge in [0.15, 0.2) is 0 Å². The lowest BCUT2D eigenvalue weighted by molar-refractivity contribution is 0.152. The monoisotopic (exact) mass is 505 g/mol. The second-order valence-electron chi connectivity index (χ2n) is 9.85. The van der Waals surface area contributed by atoms with Crippen LogP contribution in [0.4, 0.5) is 14.7 Å². The number of aromatic nitrogens is 4. The number of aliphatic hydroxyl groups is 1. The van der Waals surface area contributed by atoms with Gasteiger partial charge in [0.1, 0.15) is 17.4 Å². The number of fused-ring (bicyclic) bond motifs is 1. The van der Waals surface area contributed by atoms with Crippen LogP contribution in [-0.4, -0.2) is 36.5 Å². The van der Waals surface area contributed by atoms with E-state index in [0.29, 0.717) is 12.2 Å². The van der Waals surface area contributed by atoms with E-state index in [0.717, 1.165) is 11.1 Å². The van der Waals surface area contributed by atoms with Gasteiger partial charge in [-0.15, -0.1) is 0 Å². The lowest BCUT2D eigenvalue weighted by Crippen LogP contribution is -2.38. The molecule has 192 valence electrons. The van der Waals surface area contributed by atoms with Gasteiger partial charge in [-0.2, -0.15) is 5.26 Å². The van der Waals surface area contributed by atoms with Crippen molar-refractivity contribution in [3.8, 4) is 17.5 Å². The van der Waals surface area contributed by atoms with Gasteiger partial charge in [-0.25, -0.2) is 23.7 Å². The van der Waals surface area contributed by atoms with Crippen LogP contribution < -0.4 is 10.6 Å². The molecule has 0 aliphatic rings. The number of anilines is 1. The highest BCUT2D eigenvalue weighted by molar-refractivity contribution is 5.68. The topological polar surface area (TPSA) is 111 Å². The van der Waals surface area contributed by atoms with E-state index in [1.54, 1.807) is 6.20 Å². The summed E-state index contributed by atoms with van der Waals surface area (Å²) in [6.07, 6.45) is 1.12. The quantitative estimate of drug-likeness (QED) is 0.302. The van der Waals surface area contributed by atoms with Gasteiger partial charge in [0.2, 0.25) is 5.95 Å². The highest BCUT2D eigenvalue weighted by atomic mass is 19.3. The smallest absolute Gasteiger partial charge is 0.267 e. The van der Waals surface area contributed by atoms with Crippen molar-refractivity contribution in [1.82, 2.24) is 24.7 Å². The third-order valence-electron chi connectivity index (χ3n) is 5.95. The van der Waals surface area contributed by atoms with Crippen molar-refractivity contribution in [2.75, 3.05) is 11.9 Å². The summed E-state index contributed by atoms with van der Waals surface area (Å²) in [7, 11) is 0. The number of halogens is 2. The number of hydrogen-bond donors (Lipinski definition) is 3. The van der Waals surface area contributed by atoms with Crippen LogP contribution in [0.5, 0.6) is 0 Å². The number of benzene rings is 1. The minimum atomic E-state index is -2.68. The summed E-state index contributed by atoms with van der Waals surface area (Å²) >= 11 is 0. The predicted octanol–water partition coefficient (Wildman–Crippen LogP) is 5.20. The average Bonchev–Trinajstić information content (AvgIpc) is 3.31. The van der Waals surface area contributed by atoms with Crippen molar-refractivity contribution in [3.05, 3.63) is 77.2 Å². The first-order valence-corrected chi connectivity index (χ1v) is 11.9. The number of aliphatic hydroxyl groups excluding tert-OH is 1. The van der Waals surface area contributed by atoms with E-state index in [1.165, 1.54) is 28.9 Å². The summed E-state index contributed by atoms with van der Waals surface area (Å²) in [6, 6.07) is 12.3. The minimum absolute atomic E-state index is 0.0896. The van der Waals surface area contributed by atoms with Crippen molar-refractivity contribution in [2.45, 2.75) is 51.8 Å². The number of rotatable bonds is 8. The molecule has 0 amide bonds. The molecule has 10 heteroatoms. The number of nitrogens with one attached hydrogen (secondary N) is 2. The summed E-state index contributed by atoms with van der Waals surface area (Å²) in [5.41, 5.74) is 2.48. The van der Waals surface area contributed by atoms with Crippen LogP contribution in [0.15, 0.2) is 55.0 Å². The van der Waals surface area contributed by atoms with Gasteiger partial charge >= 0.3 is 0 Å². The van der Waals surface area contributed by atoms with Gasteiger partial charge in [-0.3, -0.25) is 4.40 Å². The normalized spacial score (nSPS) is 13.5. The fourth-order valence-electron chi connectivity index (χ4n) is 3.91. The summed E-state index contributed by atoms with van der Waals surface area (Å²) < 4.78 is 28.3. The Kier molecular flexibility index (Phi) is 7.47. The molecule has 0 fully saturated rings. The predicted molar refractivity (Wildman–Crippen MR) is 137 cm³/mol. The summed E-state index contributed by atoms with van der Waals surface area (Å²) in [5, 5.41) is 26.6. The molecule has 0 saturated heterocycles. The number of β-amino-alcohol motifs (C(OH)–C–C–N with tert-alkyl or cyclic N) is 1. The summed E-state index contributed by atoms with van der Waals surface area (Å²) in [4.78, 5) is 12.9. The molecule has 3 aromatic heterocycles. The Labute approximate surface area is 214 Å². The van der Waals surface area contributed by atoms with Gasteiger partial charge in [0, 0.05) is 18.3 Å². The minimum Gasteiger partial charge on any atom is -0.387 e. The van der Waals surface area contributed by atoms with Crippen molar-refractivity contribution >= 4 is 11.6 Å². The number of hydrogen-bond acceptors (Lipinski definition) is 7. The fourth-order valence-corrected chi connectivity index (χ4v) is 3.91. The van der Waals surface area contributed by atoms with Crippen LogP contribution in [-0.2, 0) is 0 Å². The van der Waals surface area contributed by atoms with E-state index < -0.39 is 12.5 Å². The molecule has 0 saturated carbocycles. The highest BCUT2D eigenvalue weighted by Gasteiger charge is 2.20. The SMILES string of the molecule is C[C@H](Nc1ncc(C#N)c(-c2cnc3c(C(F)F)cccn23)n1)c1ccc([C@@H](O)CNC(C)(C)C)cc1. The molecule has 0 aliphatic heterocycles. The Balaban J connectivity index is 1.56. The molecule has 0 bridgehead atoms. The second kappa shape index (κ2) is 10.6. The van der Waals surface area contributed by atoms with Crippen molar-refractivity contribution in [2.24, 2.45) is 0 Å². The molecule has 2 atom stereocenters. The van der Waals surface area contributed by atoms with Crippen LogP contribution in [0.2, 0.25) is 0 Å². The maximum absolute atomic E-state index is 13.4. The number of alkyl halides is 2. The molecule has 0 unspecified atom stereocenters. The highest BCUT2D eigenvalue weighted by Crippen LogP contribution is 2.29. The first kappa shape index (κ1) is 26.1. The molecular formula is C27H29F2N7O. The van der Waals surface area contributed by atoms with E-state index in [2.05, 4.69) is 31.7 Å². The largest absolute Gasteiger partial charge is 0.387 e. The van der Waals surface area contributed by atoms with E-state index in [-0.39, 0.29) is 40.0 Å². The number of imidazole rings is 1. The molecule has 3 heterocycles. The molecule has 3 N–H and O–H groups in total. The first-order valence-electron chi connectivity index (χ1n) is 11.9. The first-order chi connectivity index (χ1) is 17.6. The van der Waals surface area contributed by atoms with Crippen molar-refractivity contribution in [1.29, 1.82) is 5.26 Å². The van der Waals surface area contributed by atoms with Crippen molar-refractivity contribution in [3.63, 3.8) is 0 Å². The second-order valence-corrected chi connectivity index (χ2v) is 9.85. The molecule has 8 nitrogen and oxygen atoms in total. The number of nitrogens with zero attached hydrogens (tertiary/aromatic N) is 5. The van der Waals surface area contributed by atoms with E-state index in [9.17, 15) is 19.1 Å². The van der Waals surface area contributed by atoms with Crippen LogP contribution >= 0.6 is 0 Å². The molecule has 0 radical (unpaired) electrons. The van der Waals surface area contributed by atoms with Crippen LogP contribution in [0.1, 0.15) is 68.5 Å². The van der Waals surface area contributed by atoms with Crippen LogP contribution in [0.3, 0.4) is 0 Å². The zero-order valence-electron chi connectivity index (χ0n) is 21.1. The Bertz CT molecular complexity index is 1420. The van der Waals surface area contributed by atoms with Crippen molar-refractivity contribution < 1.29 is 13.9 Å². The van der Waals surface area contributed by atoms with Gasteiger partial charge in [0.25, 0.3) is 6.43 Å². The third-order valence-corrected chi connectivity index (χ3v) is 5.95. The Morgan fingerprint density at radius 1 is 1.08 bits per heavy atom. The van der Waals surface area contributed by atoms with Crippen LogP contribution in [0, 0.1) is 11.3 Å². The zero-order chi connectivity index (χ0) is 26.7. The molecule has 37 heavy (non-hydrogen) atoms. The van der Waals surface area contributed by atoms with Gasteiger partial charge in [-0.05, 0) is 51.0 Å². The third kappa shape index (κ3) is 5.90. The van der Waals surface area contributed by atoms with Gasteiger partial charge < -0.3 is 15.7 Å².